The van der Waals surface area contributed by atoms with Crippen LogP contribution in [0.4, 0.5) is 0 Å². The van der Waals surface area contributed by atoms with Crippen LogP contribution in [0.15, 0.2) is 0 Å². The van der Waals surface area contributed by atoms with Crippen LogP contribution in [-0.4, -0.2) is 58.4 Å². The molecular formula is C13H20N2O4. The molecule has 6 nitrogen and oxygen atoms in total. The number of nitrogens with zero attached hydrogens (tertiary/aromatic N) is 2. The molecule has 2 rings (SSSR count). The van der Waals surface area contributed by atoms with Gasteiger partial charge in [0.25, 0.3) is 0 Å². The molecule has 0 aromatic rings. The largest absolute Gasteiger partial charge is 0.480 e. The summed E-state index contributed by atoms with van der Waals surface area (Å²) >= 11 is 0. The van der Waals surface area contributed by atoms with Crippen molar-refractivity contribution in [2.75, 3.05) is 19.6 Å². The Morgan fingerprint density at radius 3 is 2.32 bits per heavy atom. The monoisotopic (exact) mass is 268 g/mol. The smallest absolute Gasteiger partial charge is 0.317 e. The lowest BCUT2D eigenvalue weighted by Crippen LogP contribution is -2.43. The fourth-order valence-corrected chi connectivity index (χ4v) is 2.93. The van der Waals surface area contributed by atoms with Gasteiger partial charge < -0.3 is 5.11 Å². The van der Waals surface area contributed by atoms with Crippen LogP contribution in [0.1, 0.15) is 38.5 Å². The van der Waals surface area contributed by atoms with Crippen LogP contribution in [0.25, 0.3) is 0 Å². The van der Waals surface area contributed by atoms with Crippen molar-refractivity contribution in [3.05, 3.63) is 0 Å². The van der Waals surface area contributed by atoms with Gasteiger partial charge in [-0.2, -0.15) is 0 Å². The Labute approximate surface area is 112 Å². The standard InChI is InChI=1S/C13H20N2O4/c16-11-5-6-12(17)15(11)8-7-14(9-13(18)19)10-3-1-2-4-10/h10H,1-9H2,(H,18,19). The Hall–Kier alpha value is -1.43. The lowest BCUT2D eigenvalue weighted by Gasteiger charge is -2.28. The molecule has 0 unspecified atom stereocenters. The highest BCUT2D eigenvalue weighted by atomic mass is 16.4. The second-order valence-corrected chi connectivity index (χ2v) is 5.24. The summed E-state index contributed by atoms with van der Waals surface area (Å²) in [6.07, 6.45) is 4.86. The number of carbonyl (C=O) groups is 3. The van der Waals surface area contributed by atoms with Crippen molar-refractivity contribution in [2.45, 2.75) is 44.6 Å². The van der Waals surface area contributed by atoms with E-state index >= 15 is 0 Å². The Morgan fingerprint density at radius 2 is 1.79 bits per heavy atom. The molecule has 1 aliphatic carbocycles. The summed E-state index contributed by atoms with van der Waals surface area (Å²) in [6, 6.07) is 0.281. The fourth-order valence-electron chi connectivity index (χ4n) is 2.93. The van der Waals surface area contributed by atoms with Gasteiger partial charge in [0.1, 0.15) is 0 Å². The second-order valence-electron chi connectivity index (χ2n) is 5.24. The van der Waals surface area contributed by atoms with Gasteiger partial charge in [0, 0.05) is 32.0 Å². The van der Waals surface area contributed by atoms with Gasteiger partial charge in [-0.1, -0.05) is 12.8 Å². The Balaban J connectivity index is 1.90. The maximum Gasteiger partial charge on any atom is 0.317 e. The van der Waals surface area contributed by atoms with E-state index in [0.29, 0.717) is 25.9 Å². The van der Waals surface area contributed by atoms with E-state index in [4.69, 9.17) is 5.11 Å². The molecule has 0 bridgehead atoms. The zero-order valence-electron chi connectivity index (χ0n) is 11.0. The molecule has 1 aliphatic heterocycles. The molecule has 2 fully saturated rings. The zero-order chi connectivity index (χ0) is 13.8. The number of carboxylic acids is 1. The van der Waals surface area contributed by atoms with Gasteiger partial charge in [-0.25, -0.2) is 0 Å². The van der Waals surface area contributed by atoms with E-state index in [-0.39, 0.29) is 24.4 Å². The third kappa shape index (κ3) is 3.53. The van der Waals surface area contributed by atoms with E-state index in [9.17, 15) is 14.4 Å². The van der Waals surface area contributed by atoms with E-state index < -0.39 is 5.97 Å². The van der Waals surface area contributed by atoms with E-state index in [0.717, 1.165) is 25.7 Å². The van der Waals surface area contributed by atoms with E-state index in [1.807, 2.05) is 4.90 Å². The number of amides is 2. The minimum Gasteiger partial charge on any atom is -0.480 e. The molecule has 0 aromatic heterocycles. The van der Waals surface area contributed by atoms with Gasteiger partial charge in [0.05, 0.1) is 6.54 Å². The van der Waals surface area contributed by atoms with Gasteiger partial charge in [-0.05, 0) is 12.8 Å². The summed E-state index contributed by atoms with van der Waals surface area (Å²) in [5.41, 5.74) is 0. The number of likely N-dealkylation sites (tertiary alicyclic amines) is 1. The number of aliphatic carboxylic acids is 1. The van der Waals surface area contributed by atoms with Crippen LogP contribution in [0.2, 0.25) is 0 Å². The Morgan fingerprint density at radius 1 is 1.21 bits per heavy atom. The van der Waals surface area contributed by atoms with Gasteiger partial charge in [-0.3, -0.25) is 24.2 Å². The summed E-state index contributed by atoms with van der Waals surface area (Å²) in [4.78, 5) is 37.1. The van der Waals surface area contributed by atoms with Gasteiger partial charge >= 0.3 is 5.97 Å². The molecular weight excluding hydrogens is 248 g/mol. The quantitative estimate of drug-likeness (QED) is 0.708. The molecule has 0 atom stereocenters. The number of carboxylic acid groups (broad SMARTS) is 1. The average Bonchev–Trinajstić information content (AvgIpc) is 2.97. The number of imide groups is 1. The number of carbonyl (C=O) groups excluding carboxylic acids is 2. The van der Waals surface area contributed by atoms with Crippen LogP contribution in [0.3, 0.4) is 0 Å². The van der Waals surface area contributed by atoms with E-state index in [1.54, 1.807) is 0 Å². The molecule has 2 amide bonds. The molecule has 1 saturated carbocycles. The summed E-state index contributed by atoms with van der Waals surface area (Å²) in [5, 5.41) is 8.95. The molecule has 19 heavy (non-hydrogen) atoms. The normalized spacial score (nSPS) is 20.8. The highest BCUT2D eigenvalue weighted by molar-refractivity contribution is 6.01. The minimum atomic E-state index is -0.856. The van der Waals surface area contributed by atoms with Crippen LogP contribution in [-0.2, 0) is 14.4 Å². The summed E-state index contributed by atoms with van der Waals surface area (Å²) in [5.74, 6) is -1.12. The van der Waals surface area contributed by atoms with Crippen molar-refractivity contribution < 1.29 is 19.5 Å². The second kappa shape index (κ2) is 6.14. The number of hydrogen-bond donors (Lipinski definition) is 1. The summed E-state index contributed by atoms with van der Waals surface area (Å²) < 4.78 is 0. The predicted molar refractivity (Wildman–Crippen MR) is 67.4 cm³/mol. The van der Waals surface area contributed by atoms with Crippen molar-refractivity contribution >= 4 is 17.8 Å². The van der Waals surface area contributed by atoms with E-state index in [1.165, 1.54) is 4.90 Å². The average molecular weight is 268 g/mol. The fraction of sp³-hybridized carbons (Fsp3) is 0.769. The number of hydrogen-bond acceptors (Lipinski definition) is 4. The predicted octanol–water partition coefficient (Wildman–Crippen LogP) is 0.465. The molecule has 2 aliphatic rings. The topological polar surface area (TPSA) is 77.9 Å². The van der Waals surface area contributed by atoms with Crippen LogP contribution >= 0.6 is 0 Å². The lowest BCUT2D eigenvalue weighted by atomic mass is 10.2. The molecule has 0 spiro atoms. The number of rotatable bonds is 6. The molecule has 6 heteroatoms. The highest BCUT2D eigenvalue weighted by Gasteiger charge is 2.30. The SMILES string of the molecule is O=C(O)CN(CCN1C(=O)CCC1=O)C1CCCC1. The van der Waals surface area contributed by atoms with E-state index in [2.05, 4.69) is 0 Å². The first kappa shape index (κ1) is 14.0. The summed E-state index contributed by atoms with van der Waals surface area (Å²) in [7, 11) is 0. The molecule has 0 radical (unpaired) electrons. The maximum absolute atomic E-state index is 11.5. The zero-order valence-corrected chi connectivity index (χ0v) is 11.0. The van der Waals surface area contributed by atoms with Crippen LogP contribution in [0.5, 0.6) is 0 Å². The third-order valence-corrected chi connectivity index (χ3v) is 3.95. The molecule has 0 aromatic carbocycles. The third-order valence-electron chi connectivity index (χ3n) is 3.95. The van der Waals surface area contributed by atoms with Crippen LogP contribution < -0.4 is 0 Å². The van der Waals surface area contributed by atoms with Crippen molar-refractivity contribution in [1.29, 1.82) is 0 Å². The minimum absolute atomic E-state index is 0.0130. The lowest BCUT2D eigenvalue weighted by molar-refractivity contribution is -0.139. The van der Waals surface area contributed by atoms with Crippen molar-refractivity contribution in [2.24, 2.45) is 0 Å². The first-order chi connectivity index (χ1) is 9.08. The Kier molecular flexibility index (Phi) is 4.52. The van der Waals surface area contributed by atoms with Crippen molar-refractivity contribution in [1.82, 2.24) is 9.80 Å². The first-order valence-electron chi connectivity index (χ1n) is 6.87. The molecule has 106 valence electrons. The van der Waals surface area contributed by atoms with Crippen LogP contribution in [0, 0.1) is 0 Å². The summed E-state index contributed by atoms with van der Waals surface area (Å²) in [6.45, 7) is 0.775. The van der Waals surface area contributed by atoms with Gasteiger partial charge in [0.15, 0.2) is 0 Å². The van der Waals surface area contributed by atoms with Crippen molar-refractivity contribution in [3.8, 4) is 0 Å². The molecule has 1 heterocycles. The highest BCUT2D eigenvalue weighted by Crippen LogP contribution is 2.23. The maximum atomic E-state index is 11.5. The molecule has 1 saturated heterocycles. The first-order valence-corrected chi connectivity index (χ1v) is 6.87. The Bertz CT molecular complexity index is 361. The van der Waals surface area contributed by atoms with Gasteiger partial charge in [0.2, 0.25) is 11.8 Å². The van der Waals surface area contributed by atoms with Crippen molar-refractivity contribution in [3.63, 3.8) is 0 Å². The molecule has 1 N–H and O–H groups in total. The van der Waals surface area contributed by atoms with Gasteiger partial charge in [-0.15, -0.1) is 0 Å².